The molecule has 0 amide bonds. The quantitative estimate of drug-likeness (QED) is 0.781. The number of nitrogens with zero attached hydrogens (tertiary/aromatic N) is 3. The zero-order chi connectivity index (χ0) is 12.3. The fourth-order valence-electron chi connectivity index (χ4n) is 2.14. The minimum absolute atomic E-state index is 0.364. The Morgan fingerprint density at radius 1 is 1.53 bits per heavy atom. The van der Waals surface area contributed by atoms with Crippen molar-refractivity contribution in [3.63, 3.8) is 0 Å². The third-order valence-corrected chi connectivity index (χ3v) is 3.27. The van der Waals surface area contributed by atoms with Crippen molar-refractivity contribution in [1.29, 1.82) is 0 Å². The van der Waals surface area contributed by atoms with Crippen LogP contribution in [0, 0.1) is 0 Å². The van der Waals surface area contributed by atoms with Gasteiger partial charge in [-0.15, -0.1) is 5.10 Å². The zero-order valence-corrected chi connectivity index (χ0v) is 10.9. The summed E-state index contributed by atoms with van der Waals surface area (Å²) in [5.41, 5.74) is 2.45. The van der Waals surface area contributed by atoms with Gasteiger partial charge in [0.05, 0.1) is 17.4 Å². The molecule has 1 N–H and O–H groups in total. The molecule has 1 aromatic rings. The first-order chi connectivity index (χ1) is 8.27. The summed E-state index contributed by atoms with van der Waals surface area (Å²) >= 11 is 0. The van der Waals surface area contributed by atoms with Crippen molar-refractivity contribution in [3.8, 4) is 0 Å². The number of ether oxygens (including phenoxy) is 1. The van der Waals surface area contributed by atoms with Gasteiger partial charge in [-0.25, -0.2) is 4.68 Å². The highest BCUT2D eigenvalue weighted by Gasteiger charge is 2.32. The fourth-order valence-corrected chi connectivity index (χ4v) is 2.14. The van der Waals surface area contributed by atoms with Crippen LogP contribution in [0.2, 0.25) is 0 Å². The molecule has 1 atom stereocenters. The lowest BCUT2D eigenvalue weighted by molar-refractivity contribution is 0.177. The molecule has 1 aromatic heterocycles. The summed E-state index contributed by atoms with van der Waals surface area (Å²) in [6, 6.07) is 0.364. The first-order valence-electron chi connectivity index (χ1n) is 6.35. The summed E-state index contributed by atoms with van der Waals surface area (Å²) in [6.45, 7) is 3.76. The van der Waals surface area contributed by atoms with E-state index in [0.717, 1.165) is 25.3 Å². The number of nitrogens with one attached hydrogen (secondary N) is 1. The highest BCUT2D eigenvalue weighted by atomic mass is 16.5. The molecule has 0 aromatic carbocycles. The van der Waals surface area contributed by atoms with E-state index in [1.165, 1.54) is 18.5 Å². The van der Waals surface area contributed by atoms with E-state index in [1.54, 1.807) is 7.11 Å². The number of methoxy groups -OCH3 is 1. The highest BCUT2D eigenvalue weighted by molar-refractivity contribution is 5.21. The van der Waals surface area contributed by atoms with Gasteiger partial charge in [0.2, 0.25) is 0 Å². The van der Waals surface area contributed by atoms with Crippen LogP contribution in [0.1, 0.15) is 49.5 Å². The first kappa shape index (κ1) is 12.5. The van der Waals surface area contributed by atoms with E-state index in [1.807, 2.05) is 7.05 Å². The average molecular weight is 238 g/mol. The Kier molecular flexibility index (Phi) is 4.12. The molecule has 17 heavy (non-hydrogen) atoms. The average Bonchev–Trinajstić information content (AvgIpc) is 3.08. The number of rotatable bonds is 7. The van der Waals surface area contributed by atoms with E-state index in [9.17, 15) is 0 Å². The van der Waals surface area contributed by atoms with Crippen LogP contribution >= 0.6 is 0 Å². The number of hydrogen-bond acceptors (Lipinski definition) is 4. The number of aromatic nitrogens is 3. The van der Waals surface area contributed by atoms with Crippen LogP contribution in [-0.2, 0) is 11.3 Å². The van der Waals surface area contributed by atoms with Crippen LogP contribution in [0.5, 0.6) is 0 Å². The topological polar surface area (TPSA) is 52.0 Å². The normalized spacial score (nSPS) is 17.4. The van der Waals surface area contributed by atoms with Crippen LogP contribution in [0.4, 0.5) is 0 Å². The second-order valence-corrected chi connectivity index (χ2v) is 4.80. The van der Waals surface area contributed by atoms with Crippen molar-refractivity contribution in [2.75, 3.05) is 20.8 Å². The van der Waals surface area contributed by atoms with E-state index >= 15 is 0 Å². The van der Waals surface area contributed by atoms with Gasteiger partial charge < -0.3 is 10.1 Å². The molecule has 1 aliphatic rings. The van der Waals surface area contributed by atoms with E-state index in [4.69, 9.17) is 4.74 Å². The van der Waals surface area contributed by atoms with E-state index in [0.29, 0.717) is 12.0 Å². The predicted molar refractivity (Wildman–Crippen MR) is 66.0 cm³/mol. The van der Waals surface area contributed by atoms with Gasteiger partial charge in [0.1, 0.15) is 0 Å². The minimum atomic E-state index is 0.364. The lowest BCUT2D eigenvalue weighted by Gasteiger charge is -2.14. The Morgan fingerprint density at radius 2 is 2.29 bits per heavy atom. The molecule has 0 bridgehead atoms. The Hall–Kier alpha value is -0.940. The molecule has 5 nitrogen and oxygen atoms in total. The van der Waals surface area contributed by atoms with Gasteiger partial charge in [-0.3, -0.25) is 0 Å². The Labute approximate surface area is 103 Å². The van der Waals surface area contributed by atoms with Gasteiger partial charge >= 0.3 is 0 Å². The molecule has 2 rings (SSSR count). The summed E-state index contributed by atoms with van der Waals surface area (Å²) in [6.07, 6.45) is 3.54. The third kappa shape index (κ3) is 2.84. The fraction of sp³-hybridized carbons (Fsp3) is 0.833. The molecule has 1 aliphatic carbocycles. The van der Waals surface area contributed by atoms with Crippen LogP contribution in [0.25, 0.3) is 0 Å². The molecule has 96 valence electrons. The monoisotopic (exact) mass is 238 g/mol. The molecular weight excluding hydrogens is 216 g/mol. The standard InChI is InChI=1S/C12H22N4O/c1-9(6-7-17-3)16-12(10-4-5-10)11(8-13-2)14-15-16/h9-10,13H,4-8H2,1-3H3. The minimum Gasteiger partial charge on any atom is -0.385 e. The Bertz CT molecular complexity index is 359. The van der Waals surface area contributed by atoms with Crippen LogP contribution in [0.15, 0.2) is 0 Å². The molecule has 0 radical (unpaired) electrons. The van der Waals surface area contributed by atoms with Gasteiger partial charge in [0.25, 0.3) is 0 Å². The van der Waals surface area contributed by atoms with E-state index in [2.05, 4.69) is 27.2 Å². The molecule has 0 aliphatic heterocycles. The largest absolute Gasteiger partial charge is 0.385 e. The summed E-state index contributed by atoms with van der Waals surface area (Å²) in [4.78, 5) is 0. The van der Waals surface area contributed by atoms with Gasteiger partial charge in [0.15, 0.2) is 0 Å². The molecule has 0 spiro atoms. The second-order valence-electron chi connectivity index (χ2n) is 4.80. The highest BCUT2D eigenvalue weighted by Crippen LogP contribution is 2.42. The van der Waals surface area contributed by atoms with Crippen molar-refractivity contribution >= 4 is 0 Å². The molecule has 1 unspecified atom stereocenters. The second kappa shape index (κ2) is 5.60. The molecule has 1 fully saturated rings. The molecule has 1 saturated carbocycles. The SMILES string of the molecule is CNCc1nnn(C(C)CCOC)c1C1CC1. The summed E-state index contributed by atoms with van der Waals surface area (Å²) in [7, 11) is 3.69. The molecular formula is C12H22N4O. The number of hydrogen-bond donors (Lipinski definition) is 1. The van der Waals surface area contributed by atoms with Crippen LogP contribution in [-0.4, -0.2) is 35.8 Å². The summed E-state index contributed by atoms with van der Waals surface area (Å²) in [5.74, 6) is 0.679. The predicted octanol–water partition coefficient (Wildman–Crippen LogP) is 1.47. The Balaban J connectivity index is 2.14. The molecule has 0 saturated heterocycles. The van der Waals surface area contributed by atoms with Crippen molar-refractivity contribution in [3.05, 3.63) is 11.4 Å². The maximum atomic E-state index is 5.13. The maximum absolute atomic E-state index is 5.13. The van der Waals surface area contributed by atoms with Gasteiger partial charge in [-0.1, -0.05) is 5.21 Å². The first-order valence-corrected chi connectivity index (χ1v) is 6.35. The van der Waals surface area contributed by atoms with Crippen molar-refractivity contribution in [1.82, 2.24) is 20.3 Å². The van der Waals surface area contributed by atoms with Gasteiger partial charge in [0, 0.05) is 26.2 Å². The van der Waals surface area contributed by atoms with Gasteiger partial charge in [-0.2, -0.15) is 0 Å². The van der Waals surface area contributed by atoms with Crippen molar-refractivity contribution < 1.29 is 4.74 Å². The zero-order valence-electron chi connectivity index (χ0n) is 10.9. The smallest absolute Gasteiger partial charge is 0.0999 e. The third-order valence-electron chi connectivity index (χ3n) is 3.27. The van der Waals surface area contributed by atoms with Crippen LogP contribution < -0.4 is 5.32 Å². The van der Waals surface area contributed by atoms with Crippen LogP contribution in [0.3, 0.4) is 0 Å². The summed E-state index contributed by atoms with van der Waals surface area (Å²) < 4.78 is 7.23. The van der Waals surface area contributed by atoms with Crippen molar-refractivity contribution in [2.24, 2.45) is 0 Å². The Morgan fingerprint density at radius 3 is 2.88 bits per heavy atom. The lowest BCUT2D eigenvalue weighted by Crippen LogP contribution is -2.14. The molecule has 5 heteroatoms. The molecule has 1 heterocycles. The van der Waals surface area contributed by atoms with Gasteiger partial charge in [-0.05, 0) is 33.2 Å². The lowest BCUT2D eigenvalue weighted by atomic mass is 10.2. The summed E-state index contributed by atoms with van der Waals surface area (Å²) in [5, 5.41) is 11.8. The maximum Gasteiger partial charge on any atom is 0.0999 e. The van der Waals surface area contributed by atoms with E-state index < -0.39 is 0 Å². The van der Waals surface area contributed by atoms with Crippen molar-refractivity contribution in [2.45, 2.75) is 44.7 Å². The van der Waals surface area contributed by atoms with E-state index in [-0.39, 0.29) is 0 Å².